The molecule has 1 unspecified atom stereocenters. The van der Waals surface area contributed by atoms with E-state index in [0.29, 0.717) is 29.7 Å². The lowest BCUT2D eigenvalue weighted by Gasteiger charge is -2.22. The molecule has 2 aromatic carbocycles. The third-order valence-electron chi connectivity index (χ3n) is 3.64. The lowest BCUT2D eigenvalue weighted by atomic mass is 10.1. The van der Waals surface area contributed by atoms with E-state index in [1.807, 2.05) is 37.3 Å². The van der Waals surface area contributed by atoms with E-state index >= 15 is 0 Å². The van der Waals surface area contributed by atoms with Gasteiger partial charge in [0, 0.05) is 18.2 Å². The summed E-state index contributed by atoms with van der Waals surface area (Å²) in [6.07, 6.45) is 0. The first-order valence-electron chi connectivity index (χ1n) is 7.23. The summed E-state index contributed by atoms with van der Waals surface area (Å²) in [4.78, 5) is 0. The van der Waals surface area contributed by atoms with Gasteiger partial charge in [-0.1, -0.05) is 35.9 Å². The van der Waals surface area contributed by atoms with Crippen molar-refractivity contribution in [3.8, 4) is 11.5 Å². The second-order valence-corrected chi connectivity index (χ2v) is 5.65. The number of benzene rings is 2. The molecule has 2 N–H and O–H groups in total. The molecule has 0 radical (unpaired) electrons. The van der Waals surface area contributed by atoms with Crippen molar-refractivity contribution in [2.24, 2.45) is 0 Å². The van der Waals surface area contributed by atoms with Crippen LogP contribution in [0.25, 0.3) is 0 Å². The van der Waals surface area contributed by atoms with Crippen LogP contribution in [0.3, 0.4) is 0 Å². The van der Waals surface area contributed by atoms with Crippen LogP contribution in [0, 0.1) is 0 Å². The van der Waals surface area contributed by atoms with Gasteiger partial charge in [0.05, 0.1) is 17.3 Å². The van der Waals surface area contributed by atoms with E-state index in [1.165, 1.54) is 0 Å². The van der Waals surface area contributed by atoms with Crippen molar-refractivity contribution in [1.82, 2.24) is 0 Å². The number of anilines is 1. The highest BCUT2D eigenvalue weighted by Crippen LogP contribution is 2.39. The molecule has 0 amide bonds. The first-order chi connectivity index (χ1) is 10.7. The quantitative estimate of drug-likeness (QED) is 0.900. The molecule has 5 heteroatoms. The Balaban J connectivity index is 1.82. The zero-order chi connectivity index (χ0) is 15.5. The van der Waals surface area contributed by atoms with Crippen molar-refractivity contribution in [2.45, 2.75) is 19.6 Å². The van der Waals surface area contributed by atoms with Crippen LogP contribution in [0.2, 0.25) is 5.02 Å². The number of hydrogen-bond acceptors (Lipinski definition) is 4. The summed E-state index contributed by atoms with van der Waals surface area (Å²) in [6, 6.07) is 11.5. The molecule has 1 aliphatic rings. The van der Waals surface area contributed by atoms with Gasteiger partial charge in [-0.2, -0.15) is 0 Å². The topological polar surface area (TPSA) is 50.7 Å². The fourth-order valence-electron chi connectivity index (χ4n) is 2.45. The van der Waals surface area contributed by atoms with Crippen LogP contribution in [0.15, 0.2) is 36.4 Å². The Hall–Kier alpha value is -1.91. The van der Waals surface area contributed by atoms with Crippen molar-refractivity contribution >= 4 is 17.3 Å². The Morgan fingerprint density at radius 1 is 1.18 bits per heavy atom. The minimum atomic E-state index is 0.0331. The Morgan fingerprint density at radius 3 is 2.64 bits per heavy atom. The average molecular weight is 320 g/mol. The van der Waals surface area contributed by atoms with E-state index in [4.69, 9.17) is 21.1 Å². The molecule has 0 saturated carbocycles. The number of aliphatic hydroxyl groups is 1. The number of fused-ring (bicyclic) bond motifs is 1. The molecule has 1 atom stereocenters. The van der Waals surface area contributed by atoms with Crippen LogP contribution < -0.4 is 14.8 Å². The molecule has 0 saturated heterocycles. The molecule has 4 nitrogen and oxygen atoms in total. The first kappa shape index (κ1) is 15.0. The van der Waals surface area contributed by atoms with Crippen LogP contribution in [0.1, 0.15) is 24.1 Å². The highest BCUT2D eigenvalue weighted by atomic mass is 35.5. The molecule has 0 aromatic heterocycles. The molecule has 116 valence electrons. The molecule has 0 bridgehead atoms. The van der Waals surface area contributed by atoms with Gasteiger partial charge >= 0.3 is 0 Å². The number of rotatable bonds is 4. The summed E-state index contributed by atoms with van der Waals surface area (Å²) in [5, 5.41) is 13.2. The third kappa shape index (κ3) is 3.13. The van der Waals surface area contributed by atoms with E-state index in [9.17, 15) is 5.11 Å². The molecule has 0 aliphatic carbocycles. The fourth-order valence-corrected chi connectivity index (χ4v) is 2.66. The first-order valence-corrected chi connectivity index (χ1v) is 7.60. The Bertz CT molecular complexity index is 675. The maximum atomic E-state index is 9.24. The number of hydrogen-bond donors (Lipinski definition) is 2. The smallest absolute Gasteiger partial charge is 0.163 e. The van der Waals surface area contributed by atoms with Crippen molar-refractivity contribution < 1.29 is 14.6 Å². The summed E-state index contributed by atoms with van der Waals surface area (Å²) in [7, 11) is 0. The van der Waals surface area contributed by atoms with Gasteiger partial charge in [-0.15, -0.1) is 0 Å². The van der Waals surface area contributed by atoms with Crippen LogP contribution in [-0.4, -0.2) is 18.3 Å². The maximum absolute atomic E-state index is 9.24. The maximum Gasteiger partial charge on any atom is 0.163 e. The van der Waals surface area contributed by atoms with E-state index in [1.54, 1.807) is 6.07 Å². The second kappa shape index (κ2) is 6.46. The zero-order valence-electron chi connectivity index (χ0n) is 12.3. The highest BCUT2D eigenvalue weighted by molar-refractivity contribution is 6.33. The van der Waals surface area contributed by atoms with Gasteiger partial charge in [0.15, 0.2) is 11.5 Å². The van der Waals surface area contributed by atoms with Crippen LogP contribution in [0.4, 0.5) is 5.69 Å². The normalized spacial score (nSPS) is 14.5. The standard InChI is InChI=1S/C17H18ClNO3/c1-11(13-4-2-3-12(7-13)10-20)19-15-9-17-16(8-14(15)18)21-5-6-22-17/h2-4,7-9,11,19-20H,5-6,10H2,1H3. The van der Waals surface area contributed by atoms with Gasteiger partial charge in [-0.25, -0.2) is 0 Å². The number of nitrogens with one attached hydrogen (secondary N) is 1. The Kier molecular flexibility index (Phi) is 4.41. The lowest BCUT2D eigenvalue weighted by Crippen LogP contribution is -2.16. The monoisotopic (exact) mass is 319 g/mol. The highest BCUT2D eigenvalue weighted by Gasteiger charge is 2.16. The molecular formula is C17H18ClNO3. The van der Waals surface area contributed by atoms with Gasteiger partial charge < -0.3 is 19.9 Å². The molecule has 0 spiro atoms. The van der Waals surface area contributed by atoms with Crippen LogP contribution in [-0.2, 0) is 6.61 Å². The Morgan fingerprint density at radius 2 is 1.91 bits per heavy atom. The number of halogens is 1. The molecule has 3 rings (SSSR count). The van der Waals surface area contributed by atoms with Crippen molar-refractivity contribution in [3.63, 3.8) is 0 Å². The summed E-state index contributed by atoms with van der Waals surface area (Å²) in [5.41, 5.74) is 2.77. The third-order valence-corrected chi connectivity index (χ3v) is 3.95. The van der Waals surface area contributed by atoms with Crippen molar-refractivity contribution in [1.29, 1.82) is 0 Å². The summed E-state index contributed by atoms with van der Waals surface area (Å²) >= 11 is 6.31. The lowest BCUT2D eigenvalue weighted by molar-refractivity contribution is 0.171. The van der Waals surface area contributed by atoms with Gasteiger partial charge in [0.1, 0.15) is 13.2 Å². The molecule has 22 heavy (non-hydrogen) atoms. The van der Waals surface area contributed by atoms with E-state index < -0.39 is 0 Å². The summed E-state index contributed by atoms with van der Waals surface area (Å²) in [6.45, 7) is 3.16. The predicted molar refractivity (Wildman–Crippen MR) is 86.8 cm³/mol. The average Bonchev–Trinajstić information content (AvgIpc) is 2.55. The summed E-state index contributed by atoms with van der Waals surface area (Å²) < 4.78 is 11.1. The zero-order valence-corrected chi connectivity index (χ0v) is 13.1. The van der Waals surface area contributed by atoms with Crippen molar-refractivity contribution in [2.75, 3.05) is 18.5 Å². The van der Waals surface area contributed by atoms with E-state index in [0.717, 1.165) is 16.8 Å². The minimum Gasteiger partial charge on any atom is -0.486 e. The van der Waals surface area contributed by atoms with Gasteiger partial charge in [-0.05, 0) is 18.1 Å². The molecule has 2 aromatic rings. The summed E-state index contributed by atoms with van der Waals surface area (Å²) in [5.74, 6) is 1.38. The molecule has 1 heterocycles. The molecule has 1 aliphatic heterocycles. The van der Waals surface area contributed by atoms with Gasteiger partial charge in [0.2, 0.25) is 0 Å². The fraction of sp³-hybridized carbons (Fsp3) is 0.294. The van der Waals surface area contributed by atoms with Crippen LogP contribution in [0.5, 0.6) is 11.5 Å². The second-order valence-electron chi connectivity index (χ2n) is 5.24. The van der Waals surface area contributed by atoms with Gasteiger partial charge in [0.25, 0.3) is 0 Å². The molecule has 0 fully saturated rings. The Labute approximate surface area is 134 Å². The van der Waals surface area contributed by atoms with Crippen molar-refractivity contribution in [3.05, 3.63) is 52.5 Å². The minimum absolute atomic E-state index is 0.0331. The molecular weight excluding hydrogens is 302 g/mol. The largest absolute Gasteiger partial charge is 0.486 e. The number of ether oxygens (including phenoxy) is 2. The van der Waals surface area contributed by atoms with E-state index in [2.05, 4.69) is 5.32 Å². The number of aliphatic hydroxyl groups excluding tert-OH is 1. The van der Waals surface area contributed by atoms with E-state index in [-0.39, 0.29) is 12.6 Å². The van der Waals surface area contributed by atoms with Gasteiger partial charge in [-0.3, -0.25) is 0 Å². The SMILES string of the molecule is CC(Nc1cc2c(cc1Cl)OCCO2)c1cccc(CO)c1. The van der Waals surface area contributed by atoms with Crippen LogP contribution >= 0.6 is 11.6 Å². The predicted octanol–water partition coefficient (Wildman–Crippen LogP) is 3.78.